The molecule has 0 bridgehead atoms. The van der Waals surface area contributed by atoms with E-state index in [1.54, 1.807) is 6.07 Å². The highest BCUT2D eigenvalue weighted by molar-refractivity contribution is 5.91. The first-order valence-corrected chi connectivity index (χ1v) is 5.05. The molecule has 1 aromatic rings. The topological polar surface area (TPSA) is 29.1 Å². The number of rotatable bonds is 3. The first-order valence-electron chi connectivity index (χ1n) is 5.05. The van der Waals surface area contributed by atoms with Gasteiger partial charge < -0.3 is 5.32 Å². The smallest absolute Gasteiger partial charge is 0.224 e. The Morgan fingerprint density at radius 2 is 2.13 bits per heavy atom. The van der Waals surface area contributed by atoms with Crippen molar-refractivity contribution in [2.75, 3.05) is 5.32 Å². The van der Waals surface area contributed by atoms with Crippen molar-refractivity contribution in [3.8, 4) is 0 Å². The first kappa shape index (κ1) is 11.7. The second-order valence-electron chi connectivity index (χ2n) is 4.11. The van der Waals surface area contributed by atoms with Gasteiger partial charge in [-0.1, -0.05) is 19.9 Å². The number of amides is 1. The lowest BCUT2D eigenvalue weighted by molar-refractivity contribution is -0.116. The molecular weight excluding hydrogens is 193 g/mol. The van der Waals surface area contributed by atoms with Crippen LogP contribution in [0.2, 0.25) is 0 Å². The number of hydrogen-bond acceptors (Lipinski definition) is 1. The summed E-state index contributed by atoms with van der Waals surface area (Å²) < 4.78 is 12.9. The number of anilines is 1. The van der Waals surface area contributed by atoms with Crippen LogP contribution in [-0.2, 0) is 4.79 Å². The molecule has 0 unspecified atom stereocenters. The van der Waals surface area contributed by atoms with Gasteiger partial charge in [0.25, 0.3) is 0 Å². The normalized spacial score (nSPS) is 10.5. The van der Waals surface area contributed by atoms with Crippen molar-refractivity contribution in [2.45, 2.75) is 27.2 Å². The van der Waals surface area contributed by atoms with Gasteiger partial charge in [-0.25, -0.2) is 4.39 Å². The molecule has 0 aromatic heterocycles. The second kappa shape index (κ2) is 4.91. The summed E-state index contributed by atoms with van der Waals surface area (Å²) in [5, 5.41) is 2.70. The Morgan fingerprint density at radius 3 is 2.73 bits per heavy atom. The summed E-state index contributed by atoms with van der Waals surface area (Å²) in [7, 11) is 0. The van der Waals surface area contributed by atoms with Crippen LogP contribution in [0.5, 0.6) is 0 Å². The van der Waals surface area contributed by atoms with E-state index in [1.807, 2.05) is 20.8 Å². The first-order chi connectivity index (χ1) is 6.99. The molecule has 1 aromatic carbocycles. The molecule has 0 saturated carbocycles. The molecule has 1 N–H and O–H groups in total. The minimum Gasteiger partial charge on any atom is -0.326 e. The van der Waals surface area contributed by atoms with Crippen LogP contribution in [0.3, 0.4) is 0 Å². The molecule has 3 heteroatoms. The number of benzene rings is 1. The third kappa shape index (κ3) is 3.70. The van der Waals surface area contributed by atoms with Crippen molar-refractivity contribution in [3.63, 3.8) is 0 Å². The van der Waals surface area contributed by atoms with E-state index < -0.39 is 0 Å². The van der Waals surface area contributed by atoms with Crippen molar-refractivity contribution in [2.24, 2.45) is 5.92 Å². The number of carbonyl (C=O) groups is 1. The van der Waals surface area contributed by atoms with Gasteiger partial charge in [-0.3, -0.25) is 4.79 Å². The van der Waals surface area contributed by atoms with E-state index in [4.69, 9.17) is 0 Å². The summed E-state index contributed by atoms with van der Waals surface area (Å²) in [5.74, 6) is -0.0991. The standard InChI is InChI=1S/C12H16FNO/c1-8(2)6-12(15)14-11-7-10(13)5-4-9(11)3/h4-5,7-8H,6H2,1-3H3,(H,14,15). The summed E-state index contributed by atoms with van der Waals surface area (Å²) in [5.41, 5.74) is 1.43. The zero-order valence-corrected chi connectivity index (χ0v) is 9.30. The van der Waals surface area contributed by atoms with Gasteiger partial charge in [0.15, 0.2) is 0 Å². The number of hydrogen-bond donors (Lipinski definition) is 1. The van der Waals surface area contributed by atoms with Gasteiger partial charge in [0, 0.05) is 12.1 Å². The molecule has 0 atom stereocenters. The molecule has 0 heterocycles. The number of halogens is 1. The summed E-state index contributed by atoms with van der Waals surface area (Å²) in [6, 6.07) is 4.38. The third-order valence-electron chi connectivity index (χ3n) is 2.07. The molecule has 0 aliphatic carbocycles. The van der Waals surface area contributed by atoms with E-state index in [-0.39, 0.29) is 11.7 Å². The molecule has 0 radical (unpaired) electrons. The van der Waals surface area contributed by atoms with Crippen LogP contribution in [-0.4, -0.2) is 5.91 Å². The van der Waals surface area contributed by atoms with Crippen molar-refractivity contribution in [1.82, 2.24) is 0 Å². The van der Waals surface area contributed by atoms with E-state index in [9.17, 15) is 9.18 Å². The highest BCUT2D eigenvalue weighted by Gasteiger charge is 2.07. The summed E-state index contributed by atoms with van der Waals surface area (Å²) in [6.07, 6.45) is 0.454. The van der Waals surface area contributed by atoms with Crippen LogP contribution >= 0.6 is 0 Å². The zero-order valence-electron chi connectivity index (χ0n) is 9.30. The van der Waals surface area contributed by atoms with Gasteiger partial charge in [0.1, 0.15) is 5.82 Å². The van der Waals surface area contributed by atoms with Crippen LogP contribution in [0.1, 0.15) is 25.8 Å². The Hall–Kier alpha value is -1.38. The lowest BCUT2D eigenvalue weighted by Crippen LogP contribution is -2.14. The molecular formula is C12H16FNO. The van der Waals surface area contributed by atoms with Crippen LogP contribution in [0.4, 0.5) is 10.1 Å². The monoisotopic (exact) mass is 209 g/mol. The molecule has 0 saturated heterocycles. The van der Waals surface area contributed by atoms with Gasteiger partial charge in [-0.2, -0.15) is 0 Å². The minimum absolute atomic E-state index is 0.0706. The lowest BCUT2D eigenvalue weighted by atomic mass is 10.1. The van der Waals surface area contributed by atoms with Gasteiger partial charge in [-0.15, -0.1) is 0 Å². The fourth-order valence-corrected chi connectivity index (χ4v) is 1.30. The Bertz CT molecular complexity index is 361. The Balaban J connectivity index is 2.71. The number of carbonyl (C=O) groups excluding carboxylic acids is 1. The molecule has 82 valence electrons. The predicted molar refractivity (Wildman–Crippen MR) is 59.2 cm³/mol. The molecule has 1 amide bonds. The average Bonchev–Trinajstić information content (AvgIpc) is 2.10. The van der Waals surface area contributed by atoms with Crippen LogP contribution < -0.4 is 5.32 Å². The van der Waals surface area contributed by atoms with E-state index >= 15 is 0 Å². The van der Waals surface area contributed by atoms with Gasteiger partial charge in [0.2, 0.25) is 5.91 Å². The second-order valence-corrected chi connectivity index (χ2v) is 4.11. The maximum atomic E-state index is 12.9. The predicted octanol–water partition coefficient (Wildman–Crippen LogP) is 3.12. The van der Waals surface area contributed by atoms with E-state index in [1.165, 1.54) is 12.1 Å². The summed E-state index contributed by atoms with van der Waals surface area (Å²) in [6.45, 7) is 5.78. The van der Waals surface area contributed by atoms with E-state index in [0.717, 1.165) is 5.56 Å². The molecule has 0 aliphatic rings. The van der Waals surface area contributed by atoms with Crippen molar-refractivity contribution in [3.05, 3.63) is 29.6 Å². The van der Waals surface area contributed by atoms with Crippen LogP contribution in [0.15, 0.2) is 18.2 Å². The van der Waals surface area contributed by atoms with Crippen LogP contribution in [0.25, 0.3) is 0 Å². The minimum atomic E-state index is -0.333. The summed E-state index contributed by atoms with van der Waals surface area (Å²) >= 11 is 0. The maximum Gasteiger partial charge on any atom is 0.224 e. The van der Waals surface area contributed by atoms with E-state index in [0.29, 0.717) is 18.0 Å². The largest absolute Gasteiger partial charge is 0.326 e. The van der Waals surface area contributed by atoms with Gasteiger partial charge in [-0.05, 0) is 30.5 Å². The fraction of sp³-hybridized carbons (Fsp3) is 0.417. The molecule has 2 nitrogen and oxygen atoms in total. The quantitative estimate of drug-likeness (QED) is 0.814. The Labute approximate surface area is 89.5 Å². The number of nitrogens with one attached hydrogen (secondary N) is 1. The van der Waals surface area contributed by atoms with E-state index in [2.05, 4.69) is 5.32 Å². The fourth-order valence-electron chi connectivity index (χ4n) is 1.30. The molecule has 0 fully saturated rings. The SMILES string of the molecule is Cc1ccc(F)cc1NC(=O)CC(C)C. The Kier molecular flexibility index (Phi) is 3.83. The van der Waals surface area contributed by atoms with Crippen molar-refractivity contribution in [1.29, 1.82) is 0 Å². The van der Waals surface area contributed by atoms with Crippen molar-refractivity contribution < 1.29 is 9.18 Å². The maximum absolute atomic E-state index is 12.9. The molecule has 15 heavy (non-hydrogen) atoms. The third-order valence-corrected chi connectivity index (χ3v) is 2.07. The lowest BCUT2D eigenvalue weighted by Gasteiger charge is -2.09. The number of aryl methyl sites for hydroxylation is 1. The highest BCUT2D eigenvalue weighted by atomic mass is 19.1. The highest BCUT2D eigenvalue weighted by Crippen LogP contribution is 2.16. The molecule has 0 spiro atoms. The van der Waals surface area contributed by atoms with Crippen molar-refractivity contribution >= 4 is 11.6 Å². The zero-order chi connectivity index (χ0) is 11.4. The molecule has 1 rings (SSSR count). The summed E-state index contributed by atoms with van der Waals surface area (Å²) in [4.78, 5) is 11.5. The Morgan fingerprint density at radius 1 is 1.47 bits per heavy atom. The van der Waals surface area contributed by atoms with Gasteiger partial charge >= 0.3 is 0 Å². The average molecular weight is 209 g/mol. The van der Waals surface area contributed by atoms with Gasteiger partial charge in [0.05, 0.1) is 0 Å². The molecule has 0 aliphatic heterocycles. The van der Waals surface area contributed by atoms with Crippen LogP contribution in [0, 0.1) is 18.7 Å².